The summed E-state index contributed by atoms with van der Waals surface area (Å²) < 4.78 is 65.7. The van der Waals surface area contributed by atoms with E-state index in [-0.39, 0.29) is 30.5 Å². The van der Waals surface area contributed by atoms with Gasteiger partial charge in [0.2, 0.25) is 11.8 Å². The summed E-state index contributed by atoms with van der Waals surface area (Å²) in [4.78, 5) is 24.1. The molecule has 10 heteroatoms. The van der Waals surface area contributed by atoms with Crippen molar-refractivity contribution in [1.29, 1.82) is 0 Å². The first-order valence-electron chi connectivity index (χ1n) is 8.48. The minimum Gasteiger partial charge on any atom is -0.348 e. The van der Waals surface area contributed by atoms with E-state index >= 15 is 0 Å². The Balaban J connectivity index is 1.71. The van der Waals surface area contributed by atoms with Crippen molar-refractivity contribution in [2.24, 2.45) is 5.92 Å². The number of hydrogen-bond donors (Lipinski definition) is 3. The number of carbonyl (C=O) groups is 2. The quantitative estimate of drug-likeness (QED) is 0.691. The Kier molecular flexibility index (Phi) is 5.11. The first-order valence-corrected chi connectivity index (χ1v) is 8.48. The molecule has 1 saturated carbocycles. The average Bonchev–Trinajstić information content (AvgIpc) is 3.39. The summed E-state index contributed by atoms with van der Waals surface area (Å²) in [5.74, 6) is -3.55. The molecule has 1 saturated heterocycles. The standard InChI is InChI=1S/C17H18F5N3O2/c1-7(9-4-12(19)10(5-11(9)18)17(20,21)22)23-16(27)13-6-14(26)25-15(24-13)8-2-3-8/h4-5,7-8,13,15,24H,2-3,6H2,1H3,(H,23,27)(H,25,26)/t7-,13?,15?/m1/s1. The first kappa shape index (κ1) is 19.5. The second kappa shape index (κ2) is 7.06. The number of nitrogens with one attached hydrogen (secondary N) is 3. The van der Waals surface area contributed by atoms with Crippen LogP contribution >= 0.6 is 0 Å². The number of hydrogen-bond acceptors (Lipinski definition) is 3. The van der Waals surface area contributed by atoms with Crippen molar-refractivity contribution in [3.63, 3.8) is 0 Å². The van der Waals surface area contributed by atoms with Gasteiger partial charge in [-0.05, 0) is 37.8 Å². The summed E-state index contributed by atoms with van der Waals surface area (Å²) in [7, 11) is 0. The number of rotatable bonds is 4. The fourth-order valence-corrected chi connectivity index (χ4v) is 3.09. The lowest BCUT2D eigenvalue weighted by Crippen LogP contribution is -2.61. The molecule has 0 spiro atoms. The zero-order chi connectivity index (χ0) is 19.9. The van der Waals surface area contributed by atoms with E-state index in [1.807, 2.05) is 0 Å². The van der Waals surface area contributed by atoms with Crippen molar-refractivity contribution in [2.45, 2.75) is 50.6 Å². The first-order chi connectivity index (χ1) is 12.6. The Morgan fingerprint density at radius 2 is 1.89 bits per heavy atom. The van der Waals surface area contributed by atoms with E-state index < -0.39 is 46.9 Å². The average molecular weight is 391 g/mol. The van der Waals surface area contributed by atoms with Crippen LogP contribution < -0.4 is 16.0 Å². The molecule has 2 unspecified atom stereocenters. The highest BCUT2D eigenvalue weighted by Gasteiger charge is 2.39. The van der Waals surface area contributed by atoms with Gasteiger partial charge < -0.3 is 10.6 Å². The zero-order valence-electron chi connectivity index (χ0n) is 14.3. The van der Waals surface area contributed by atoms with Gasteiger partial charge in [0.15, 0.2) is 0 Å². The fourth-order valence-electron chi connectivity index (χ4n) is 3.09. The van der Waals surface area contributed by atoms with Crippen LogP contribution in [0.4, 0.5) is 22.0 Å². The van der Waals surface area contributed by atoms with Gasteiger partial charge in [0.05, 0.1) is 30.2 Å². The molecule has 148 valence electrons. The number of benzene rings is 1. The van der Waals surface area contributed by atoms with E-state index in [1.54, 1.807) is 0 Å². The maximum absolute atomic E-state index is 14.0. The molecule has 5 nitrogen and oxygen atoms in total. The van der Waals surface area contributed by atoms with Crippen LogP contribution in [0.2, 0.25) is 0 Å². The Bertz CT molecular complexity index is 764. The van der Waals surface area contributed by atoms with Crippen molar-refractivity contribution >= 4 is 11.8 Å². The van der Waals surface area contributed by atoms with Crippen LogP contribution in [0.25, 0.3) is 0 Å². The molecule has 3 N–H and O–H groups in total. The van der Waals surface area contributed by atoms with E-state index in [0.717, 1.165) is 12.8 Å². The second-order valence-electron chi connectivity index (χ2n) is 6.89. The highest BCUT2D eigenvalue weighted by Crippen LogP contribution is 2.34. The van der Waals surface area contributed by atoms with E-state index in [9.17, 15) is 31.5 Å². The maximum atomic E-state index is 14.0. The summed E-state index contributed by atoms with van der Waals surface area (Å²) in [6.45, 7) is 1.32. The molecule has 3 atom stereocenters. The molecule has 1 aromatic rings. The lowest BCUT2D eigenvalue weighted by atomic mass is 10.0. The topological polar surface area (TPSA) is 70.2 Å². The third-order valence-corrected chi connectivity index (χ3v) is 4.71. The van der Waals surface area contributed by atoms with Crippen LogP contribution in [0.3, 0.4) is 0 Å². The Morgan fingerprint density at radius 1 is 1.22 bits per heavy atom. The van der Waals surface area contributed by atoms with Crippen LogP contribution in [0.15, 0.2) is 12.1 Å². The Labute approximate surface area is 151 Å². The molecule has 0 aromatic heterocycles. The van der Waals surface area contributed by atoms with Gasteiger partial charge in [-0.1, -0.05) is 0 Å². The van der Waals surface area contributed by atoms with Gasteiger partial charge in [-0.15, -0.1) is 0 Å². The van der Waals surface area contributed by atoms with Crippen molar-refractivity contribution in [3.8, 4) is 0 Å². The molecule has 2 fully saturated rings. The van der Waals surface area contributed by atoms with Crippen molar-refractivity contribution in [3.05, 3.63) is 34.9 Å². The van der Waals surface area contributed by atoms with Gasteiger partial charge in [-0.2, -0.15) is 13.2 Å². The largest absolute Gasteiger partial charge is 0.419 e. The van der Waals surface area contributed by atoms with Crippen molar-refractivity contribution < 1.29 is 31.5 Å². The second-order valence-corrected chi connectivity index (χ2v) is 6.89. The smallest absolute Gasteiger partial charge is 0.348 e. The number of halogens is 5. The maximum Gasteiger partial charge on any atom is 0.419 e. The van der Waals surface area contributed by atoms with Crippen LogP contribution in [-0.2, 0) is 15.8 Å². The van der Waals surface area contributed by atoms with Crippen LogP contribution in [0, 0.1) is 17.6 Å². The molecule has 1 heterocycles. The monoisotopic (exact) mass is 391 g/mol. The van der Waals surface area contributed by atoms with Gasteiger partial charge in [0, 0.05) is 5.56 Å². The van der Waals surface area contributed by atoms with Crippen LogP contribution in [-0.4, -0.2) is 24.0 Å². The predicted molar refractivity (Wildman–Crippen MR) is 84.1 cm³/mol. The zero-order valence-corrected chi connectivity index (χ0v) is 14.3. The lowest BCUT2D eigenvalue weighted by molar-refractivity contribution is -0.140. The van der Waals surface area contributed by atoms with Crippen LogP contribution in [0.5, 0.6) is 0 Å². The molecule has 3 rings (SSSR count). The number of amides is 2. The highest BCUT2D eigenvalue weighted by molar-refractivity contribution is 5.89. The molecular formula is C17H18F5N3O2. The molecule has 0 bridgehead atoms. The summed E-state index contributed by atoms with van der Waals surface area (Å²) in [5.41, 5.74) is -2.12. The van der Waals surface area contributed by atoms with Gasteiger partial charge in [0.1, 0.15) is 11.6 Å². The molecular weight excluding hydrogens is 373 g/mol. The predicted octanol–water partition coefficient (Wildman–Crippen LogP) is 2.38. The normalized spacial score (nSPS) is 24.3. The highest BCUT2D eigenvalue weighted by atomic mass is 19.4. The molecule has 2 aliphatic rings. The summed E-state index contributed by atoms with van der Waals surface area (Å²) in [5, 5.41) is 8.16. The summed E-state index contributed by atoms with van der Waals surface area (Å²) >= 11 is 0. The minimum absolute atomic E-state index is 0.0722. The van der Waals surface area contributed by atoms with Gasteiger partial charge in [-0.3, -0.25) is 14.9 Å². The molecule has 1 aliphatic carbocycles. The number of alkyl halides is 3. The molecule has 1 aromatic carbocycles. The van der Waals surface area contributed by atoms with E-state index in [0.29, 0.717) is 6.07 Å². The van der Waals surface area contributed by atoms with Gasteiger partial charge >= 0.3 is 6.18 Å². The Morgan fingerprint density at radius 3 is 2.48 bits per heavy atom. The minimum atomic E-state index is -5.02. The molecule has 0 radical (unpaired) electrons. The molecule has 2 amide bonds. The van der Waals surface area contributed by atoms with Crippen molar-refractivity contribution in [2.75, 3.05) is 0 Å². The third-order valence-electron chi connectivity index (χ3n) is 4.71. The number of carbonyl (C=O) groups excluding carboxylic acids is 2. The van der Waals surface area contributed by atoms with Crippen LogP contribution in [0.1, 0.15) is 43.4 Å². The van der Waals surface area contributed by atoms with Crippen molar-refractivity contribution in [1.82, 2.24) is 16.0 Å². The molecule has 1 aliphatic heterocycles. The SMILES string of the molecule is C[C@@H](NC(=O)C1CC(=O)NC(C2CC2)N1)c1cc(F)c(C(F)(F)F)cc1F. The Hall–Kier alpha value is -2.23. The fraction of sp³-hybridized carbons (Fsp3) is 0.529. The summed E-state index contributed by atoms with van der Waals surface area (Å²) in [6.07, 6.45) is -3.60. The van der Waals surface area contributed by atoms with E-state index in [1.165, 1.54) is 6.92 Å². The molecule has 27 heavy (non-hydrogen) atoms. The van der Waals surface area contributed by atoms with E-state index in [2.05, 4.69) is 16.0 Å². The van der Waals surface area contributed by atoms with Gasteiger partial charge in [0.25, 0.3) is 0 Å². The van der Waals surface area contributed by atoms with E-state index in [4.69, 9.17) is 0 Å². The van der Waals surface area contributed by atoms with Gasteiger partial charge in [-0.25, -0.2) is 8.78 Å². The lowest BCUT2D eigenvalue weighted by Gasteiger charge is -2.31. The third kappa shape index (κ3) is 4.37. The summed E-state index contributed by atoms with van der Waals surface area (Å²) in [6, 6.07) is -1.44.